The second-order valence-electron chi connectivity index (χ2n) is 2.84. The van der Waals surface area contributed by atoms with Crippen LogP contribution < -0.4 is 0 Å². The normalized spacial score (nSPS) is 8.67. The monoisotopic (exact) mass is 128 g/mol. The highest BCUT2D eigenvalue weighted by Crippen LogP contribution is 2.11. The van der Waals surface area contributed by atoms with Gasteiger partial charge in [-0.2, -0.15) is 0 Å². The fourth-order valence-electron chi connectivity index (χ4n) is 0.577. The number of rotatable bonds is 1. The molecular formula is C9H20. The van der Waals surface area contributed by atoms with Gasteiger partial charge in [0.05, 0.1) is 0 Å². The van der Waals surface area contributed by atoms with Gasteiger partial charge in [-0.25, -0.2) is 0 Å². The van der Waals surface area contributed by atoms with Gasteiger partial charge in [0.15, 0.2) is 0 Å². The van der Waals surface area contributed by atoms with E-state index in [2.05, 4.69) is 34.6 Å². The molecule has 0 unspecified atom stereocenters. The third kappa shape index (κ3) is 4.26. The molecule has 0 aliphatic heterocycles. The van der Waals surface area contributed by atoms with Gasteiger partial charge in [0.2, 0.25) is 0 Å². The van der Waals surface area contributed by atoms with Crippen LogP contribution in [0.1, 0.15) is 42.0 Å². The maximum absolute atomic E-state index is 2.22. The SMILES string of the molecule is C.CC(C)=C(C)C(C)C. The molecule has 0 aliphatic rings. The zero-order chi connectivity index (χ0) is 6.73. The van der Waals surface area contributed by atoms with Crippen molar-refractivity contribution in [2.24, 2.45) is 5.92 Å². The molecule has 0 atom stereocenters. The number of hydrogen-bond donors (Lipinski definition) is 0. The molecule has 56 valence electrons. The van der Waals surface area contributed by atoms with E-state index in [1.165, 1.54) is 11.1 Å². The minimum absolute atomic E-state index is 0. The molecule has 0 N–H and O–H groups in total. The lowest BCUT2D eigenvalue weighted by molar-refractivity contribution is 0.756. The minimum Gasteiger partial charge on any atom is -0.0776 e. The summed E-state index contributed by atoms with van der Waals surface area (Å²) in [6, 6.07) is 0. The molecule has 0 radical (unpaired) electrons. The summed E-state index contributed by atoms with van der Waals surface area (Å²) in [5, 5.41) is 0. The molecule has 0 aromatic rings. The van der Waals surface area contributed by atoms with E-state index < -0.39 is 0 Å². The zero-order valence-electron chi connectivity index (χ0n) is 6.58. The summed E-state index contributed by atoms with van der Waals surface area (Å²) in [5.74, 6) is 0.722. The topological polar surface area (TPSA) is 0 Å². The van der Waals surface area contributed by atoms with E-state index in [0.717, 1.165) is 5.92 Å². The molecule has 0 saturated heterocycles. The van der Waals surface area contributed by atoms with Crippen molar-refractivity contribution in [3.63, 3.8) is 0 Å². The van der Waals surface area contributed by atoms with Gasteiger partial charge in [0.25, 0.3) is 0 Å². The molecule has 0 bridgehead atoms. The van der Waals surface area contributed by atoms with Crippen LogP contribution in [0.15, 0.2) is 11.1 Å². The smallest absolute Gasteiger partial charge is 0.0260 e. The van der Waals surface area contributed by atoms with Crippen LogP contribution in [-0.4, -0.2) is 0 Å². The van der Waals surface area contributed by atoms with Crippen molar-refractivity contribution in [3.05, 3.63) is 11.1 Å². The Kier molecular flexibility index (Phi) is 5.89. The molecule has 0 heteroatoms. The molecule has 0 heterocycles. The summed E-state index contributed by atoms with van der Waals surface area (Å²) in [4.78, 5) is 0. The van der Waals surface area contributed by atoms with Crippen LogP contribution in [-0.2, 0) is 0 Å². The van der Waals surface area contributed by atoms with Crippen LogP contribution >= 0.6 is 0 Å². The Labute approximate surface area is 60.0 Å². The van der Waals surface area contributed by atoms with E-state index in [0.29, 0.717) is 0 Å². The van der Waals surface area contributed by atoms with Gasteiger partial charge >= 0.3 is 0 Å². The summed E-state index contributed by atoms with van der Waals surface area (Å²) in [5.41, 5.74) is 2.98. The predicted molar refractivity (Wildman–Crippen MR) is 45.6 cm³/mol. The van der Waals surface area contributed by atoms with Crippen molar-refractivity contribution in [1.29, 1.82) is 0 Å². The van der Waals surface area contributed by atoms with Crippen LogP contribution in [0.5, 0.6) is 0 Å². The zero-order valence-corrected chi connectivity index (χ0v) is 6.58. The summed E-state index contributed by atoms with van der Waals surface area (Å²) in [7, 11) is 0. The number of hydrogen-bond acceptors (Lipinski definition) is 0. The minimum atomic E-state index is 0. The Morgan fingerprint density at radius 2 is 1.33 bits per heavy atom. The van der Waals surface area contributed by atoms with Crippen molar-refractivity contribution >= 4 is 0 Å². The van der Waals surface area contributed by atoms with Gasteiger partial charge in [-0.05, 0) is 26.7 Å². The maximum Gasteiger partial charge on any atom is -0.0260 e. The highest BCUT2D eigenvalue weighted by Gasteiger charge is 1.95. The first-order chi connectivity index (χ1) is 3.55. The highest BCUT2D eigenvalue weighted by molar-refractivity contribution is 5.08. The molecule has 0 saturated carbocycles. The molecule has 0 aromatic carbocycles. The first-order valence-electron chi connectivity index (χ1n) is 3.19. The molecule has 0 rings (SSSR count). The Hall–Kier alpha value is -0.260. The van der Waals surface area contributed by atoms with Crippen LogP contribution in [0.2, 0.25) is 0 Å². The van der Waals surface area contributed by atoms with E-state index >= 15 is 0 Å². The van der Waals surface area contributed by atoms with E-state index in [1.54, 1.807) is 0 Å². The lowest BCUT2D eigenvalue weighted by Crippen LogP contribution is -1.89. The summed E-state index contributed by atoms with van der Waals surface area (Å²) < 4.78 is 0. The summed E-state index contributed by atoms with van der Waals surface area (Å²) in [6.45, 7) is 11.0. The lowest BCUT2D eigenvalue weighted by Gasteiger charge is -2.05. The highest BCUT2D eigenvalue weighted by atomic mass is 14.0. The van der Waals surface area contributed by atoms with Gasteiger partial charge in [0, 0.05) is 0 Å². The largest absolute Gasteiger partial charge is 0.0776 e. The van der Waals surface area contributed by atoms with Crippen molar-refractivity contribution < 1.29 is 0 Å². The first kappa shape index (κ1) is 11.5. The van der Waals surface area contributed by atoms with Crippen LogP contribution in [0.3, 0.4) is 0 Å². The van der Waals surface area contributed by atoms with E-state index in [-0.39, 0.29) is 7.43 Å². The molecule has 0 aromatic heterocycles. The van der Waals surface area contributed by atoms with Gasteiger partial charge in [-0.15, -0.1) is 0 Å². The average molecular weight is 128 g/mol. The predicted octanol–water partition coefficient (Wildman–Crippen LogP) is 3.63. The molecule has 0 aliphatic carbocycles. The lowest BCUT2D eigenvalue weighted by atomic mass is 10.0. The molecular weight excluding hydrogens is 108 g/mol. The second kappa shape index (κ2) is 4.60. The Bertz CT molecular complexity index is 92.6. The van der Waals surface area contributed by atoms with Crippen molar-refractivity contribution in [1.82, 2.24) is 0 Å². The Morgan fingerprint density at radius 3 is 1.33 bits per heavy atom. The number of allylic oxidation sites excluding steroid dienone is 2. The van der Waals surface area contributed by atoms with E-state index in [1.807, 2.05) is 0 Å². The molecule has 9 heavy (non-hydrogen) atoms. The Balaban J connectivity index is 0. The van der Waals surface area contributed by atoms with Gasteiger partial charge in [-0.1, -0.05) is 32.4 Å². The third-order valence-corrected chi connectivity index (χ3v) is 1.65. The van der Waals surface area contributed by atoms with Crippen molar-refractivity contribution in [2.45, 2.75) is 42.0 Å². The van der Waals surface area contributed by atoms with E-state index in [4.69, 9.17) is 0 Å². The second-order valence-corrected chi connectivity index (χ2v) is 2.84. The third-order valence-electron chi connectivity index (χ3n) is 1.65. The van der Waals surface area contributed by atoms with Crippen LogP contribution in [0, 0.1) is 5.92 Å². The molecule has 0 spiro atoms. The Morgan fingerprint density at radius 1 is 1.00 bits per heavy atom. The van der Waals surface area contributed by atoms with E-state index in [9.17, 15) is 0 Å². The molecule has 0 nitrogen and oxygen atoms in total. The fraction of sp³-hybridized carbons (Fsp3) is 0.778. The van der Waals surface area contributed by atoms with Crippen molar-refractivity contribution in [3.8, 4) is 0 Å². The molecule has 0 fully saturated rings. The van der Waals surface area contributed by atoms with Gasteiger partial charge < -0.3 is 0 Å². The first-order valence-corrected chi connectivity index (χ1v) is 3.19. The standard InChI is InChI=1S/C8H16.CH4/c1-6(2)8(5)7(3)4;/h6H,1-5H3;1H4. The summed E-state index contributed by atoms with van der Waals surface area (Å²) >= 11 is 0. The molecule has 0 amide bonds. The fourth-order valence-corrected chi connectivity index (χ4v) is 0.577. The quantitative estimate of drug-likeness (QED) is 0.473. The van der Waals surface area contributed by atoms with Gasteiger partial charge in [0.1, 0.15) is 0 Å². The summed E-state index contributed by atoms with van der Waals surface area (Å²) in [6.07, 6.45) is 0. The van der Waals surface area contributed by atoms with Gasteiger partial charge in [-0.3, -0.25) is 0 Å². The van der Waals surface area contributed by atoms with Crippen molar-refractivity contribution in [2.75, 3.05) is 0 Å². The van der Waals surface area contributed by atoms with Crippen LogP contribution in [0.25, 0.3) is 0 Å². The van der Waals surface area contributed by atoms with Crippen LogP contribution in [0.4, 0.5) is 0 Å². The average Bonchev–Trinajstić information content (AvgIpc) is 1.64. The maximum atomic E-state index is 2.22.